The Kier molecular flexibility index (Phi) is 150. The van der Waals surface area contributed by atoms with Crippen molar-refractivity contribution in [3.63, 3.8) is 0 Å². The van der Waals surface area contributed by atoms with E-state index in [-0.39, 0.29) is 132 Å². The van der Waals surface area contributed by atoms with E-state index >= 15 is 0 Å². The van der Waals surface area contributed by atoms with E-state index in [0.717, 1.165) is 25.7 Å². The van der Waals surface area contributed by atoms with Gasteiger partial charge in [0.1, 0.15) is 61.0 Å². The van der Waals surface area contributed by atoms with E-state index in [0.29, 0.717) is 12.8 Å². The SMILES string of the molecule is CCCCCCCCCCCCCCCCCC(=O)O.CCCCCCCCCCCCCCCCCC(=O)O.OCC(O)CO.OCC(O)CO.OCC(O)CO.OCC(O)CO.OCC(O)CO.OCC(O)CO.OCC(O)CO.OCC(O)CO.OCC(O)CO.OCC(O)CO. The number of hydrogen-bond acceptors (Lipinski definition) is 32. The summed E-state index contributed by atoms with van der Waals surface area (Å²) in [7, 11) is 0. The number of aliphatic hydroxyl groups is 30. The van der Waals surface area contributed by atoms with Crippen LogP contribution < -0.4 is 0 Å². The van der Waals surface area contributed by atoms with Gasteiger partial charge >= 0.3 is 11.9 Å². The van der Waals surface area contributed by atoms with Crippen LogP contribution in [0.1, 0.15) is 219 Å². The van der Waals surface area contributed by atoms with Crippen LogP contribution in [-0.2, 0) is 9.59 Å². The van der Waals surface area contributed by atoms with Gasteiger partial charge in [-0.05, 0) is 12.8 Å². The number of carboxylic acid groups (broad SMARTS) is 2. The molecule has 0 atom stereocenters. The first-order valence-corrected chi connectivity index (χ1v) is 35.0. The van der Waals surface area contributed by atoms with Gasteiger partial charge in [-0.25, -0.2) is 0 Å². The van der Waals surface area contributed by atoms with E-state index in [1.54, 1.807) is 0 Å². The summed E-state index contributed by atoms with van der Waals surface area (Å²) in [6.45, 7) is -2.75. The van der Waals surface area contributed by atoms with E-state index < -0.39 is 73.0 Å². The highest BCUT2D eigenvalue weighted by molar-refractivity contribution is 5.66. The Hall–Kier alpha value is -2.26. The molecule has 34 heteroatoms. The fourth-order valence-electron chi connectivity index (χ4n) is 5.87. The molecule has 0 unspecified atom stereocenters. The Morgan fingerprint density at radius 1 is 0.170 bits per heavy atom. The maximum atomic E-state index is 10.3. The summed E-state index contributed by atoms with van der Waals surface area (Å²) in [6, 6.07) is 0. The standard InChI is InChI=1S/2C18H36O2.10C3H8O3/c2*1-2-3-4-5-6-7-8-9-10-11-12-13-14-15-16-17-18(19)20;10*4-1-3(6)2-5/h2*2-17H2,1H3,(H,19,20);10*3-6H,1-2H2. The van der Waals surface area contributed by atoms with Crippen molar-refractivity contribution in [2.24, 2.45) is 0 Å². The molecule has 0 saturated carbocycles. The van der Waals surface area contributed by atoms with Gasteiger partial charge < -0.3 is 163 Å². The maximum Gasteiger partial charge on any atom is 0.303 e. The van der Waals surface area contributed by atoms with Gasteiger partial charge in [0, 0.05) is 12.8 Å². The number of hydrogen-bond donors (Lipinski definition) is 32. The Balaban J connectivity index is -0.0000000886. The molecule has 0 heterocycles. The summed E-state index contributed by atoms with van der Waals surface area (Å²) >= 11 is 0. The highest BCUT2D eigenvalue weighted by Gasteiger charge is 2.02. The minimum atomic E-state index is -0.954. The molecule has 0 aromatic rings. The molecule has 0 aromatic heterocycles. The third-order valence-corrected chi connectivity index (χ3v) is 12.2. The highest BCUT2D eigenvalue weighted by Crippen LogP contribution is 2.15. The van der Waals surface area contributed by atoms with Crippen molar-refractivity contribution in [2.45, 2.75) is 280 Å². The molecule has 0 aliphatic carbocycles. The second-order valence-electron chi connectivity index (χ2n) is 22.4. The fraction of sp³-hybridized carbons (Fsp3) is 0.970. The number of rotatable bonds is 52. The molecule has 0 radical (unpaired) electrons. The molecular weight excluding hydrogens is 1340 g/mol. The summed E-state index contributed by atoms with van der Waals surface area (Å²) in [5, 5.41) is 257. The second-order valence-corrected chi connectivity index (χ2v) is 22.4. The molecule has 0 rings (SSSR count). The van der Waals surface area contributed by atoms with Gasteiger partial charge in [-0.3, -0.25) is 9.59 Å². The normalized spacial score (nSPS) is 10.3. The lowest BCUT2D eigenvalue weighted by Gasteiger charge is -2.03. The minimum Gasteiger partial charge on any atom is -0.481 e. The van der Waals surface area contributed by atoms with Crippen LogP contribution in [0.5, 0.6) is 0 Å². The largest absolute Gasteiger partial charge is 0.481 e. The van der Waals surface area contributed by atoms with Crippen LogP contribution in [0.3, 0.4) is 0 Å². The van der Waals surface area contributed by atoms with Crippen molar-refractivity contribution in [1.29, 1.82) is 0 Å². The number of unbranched alkanes of at least 4 members (excludes halogenated alkanes) is 28. The monoisotopic (exact) mass is 1490 g/mol. The van der Waals surface area contributed by atoms with Crippen molar-refractivity contribution in [2.75, 3.05) is 132 Å². The third-order valence-electron chi connectivity index (χ3n) is 12.2. The van der Waals surface area contributed by atoms with Crippen LogP contribution in [0, 0.1) is 0 Å². The Morgan fingerprint density at radius 3 is 0.310 bits per heavy atom. The Labute approximate surface area is 595 Å². The molecule has 0 aromatic carbocycles. The van der Waals surface area contributed by atoms with E-state index in [4.69, 9.17) is 163 Å². The zero-order valence-corrected chi connectivity index (χ0v) is 60.7. The smallest absolute Gasteiger partial charge is 0.303 e. The molecule has 0 bridgehead atoms. The molecule has 620 valence electrons. The number of carboxylic acids is 2. The highest BCUT2D eigenvalue weighted by atomic mass is 16.4. The summed E-state index contributed by atoms with van der Waals surface area (Å²) in [5.41, 5.74) is 0. The molecule has 34 nitrogen and oxygen atoms in total. The number of aliphatic carboxylic acids is 2. The average Bonchev–Trinajstić information content (AvgIpc) is 3.73. The van der Waals surface area contributed by atoms with Crippen LogP contribution >= 0.6 is 0 Å². The third kappa shape index (κ3) is 167. The second kappa shape index (κ2) is 121. The summed E-state index contributed by atoms with van der Waals surface area (Å²) < 4.78 is 0. The van der Waals surface area contributed by atoms with E-state index in [1.165, 1.54) is 167 Å². The molecular formula is C66H152O34. The van der Waals surface area contributed by atoms with Crippen LogP contribution in [0.4, 0.5) is 0 Å². The van der Waals surface area contributed by atoms with E-state index in [2.05, 4.69) is 13.8 Å². The molecule has 100 heavy (non-hydrogen) atoms. The average molecular weight is 1490 g/mol. The lowest BCUT2D eigenvalue weighted by atomic mass is 10.0. The number of carbonyl (C=O) groups is 2. The molecule has 0 aliphatic rings. The van der Waals surface area contributed by atoms with Gasteiger partial charge in [0.05, 0.1) is 132 Å². The van der Waals surface area contributed by atoms with Crippen molar-refractivity contribution in [3.8, 4) is 0 Å². The maximum absolute atomic E-state index is 10.3. The van der Waals surface area contributed by atoms with Gasteiger partial charge in [-0.15, -0.1) is 0 Å². The fourth-order valence-corrected chi connectivity index (χ4v) is 5.87. The molecule has 0 amide bonds. The number of aliphatic hydroxyl groups excluding tert-OH is 30. The molecule has 0 spiro atoms. The topological polar surface area (TPSA) is 682 Å². The zero-order valence-electron chi connectivity index (χ0n) is 60.7. The molecule has 0 fully saturated rings. The van der Waals surface area contributed by atoms with Crippen LogP contribution in [0.25, 0.3) is 0 Å². The van der Waals surface area contributed by atoms with Gasteiger partial charge in [0.15, 0.2) is 0 Å². The lowest BCUT2D eigenvalue weighted by Crippen LogP contribution is -2.15. The van der Waals surface area contributed by atoms with E-state index in [9.17, 15) is 9.59 Å². The minimum absolute atomic E-state index is 0.345. The first kappa shape index (κ1) is 124. The van der Waals surface area contributed by atoms with Crippen molar-refractivity contribution in [3.05, 3.63) is 0 Å². The lowest BCUT2D eigenvalue weighted by molar-refractivity contribution is -0.138. The zero-order chi connectivity index (χ0) is 79.7. The first-order valence-electron chi connectivity index (χ1n) is 35.0. The molecule has 0 aliphatic heterocycles. The van der Waals surface area contributed by atoms with Crippen molar-refractivity contribution in [1.82, 2.24) is 0 Å². The quantitative estimate of drug-likeness (QED) is 0.0258. The predicted octanol–water partition coefficient (Wildman–Crippen LogP) is -4.02. The van der Waals surface area contributed by atoms with Gasteiger partial charge in [-0.1, -0.05) is 194 Å². The summed E-state index contributed by atoms with van der Waals surface area (Å²) in [5.74, 6) is -1.31. The predicted molar refractivity (Wildman–Crippen MR) is 376 cm³/mol. The van der Waals surface area contributed by atoms with Crippen molar-refractivity contribution >= 4 is 11.9 Å². The van der Waals surface area contributed by atoms with Gasteiger partial charge in [0.25, 0.3) is 0 Å². The molecule has 32 N–H and O–H groups in total. The van der Waals surface area contributed by atoms with Crippen LogP contribution in [-0.4, -0.2) is 369 Å². The van der Waals surface area contributed by atoms with Crippen LogP contribution in [0.15, 0.2) is 0 Å². The van der Waals surface area contributed by atoms with Gasteiger partial charge in [-0.2, -0.15) is 0 Å². The summed E-state index contributed by atoms with van der Waals surface area (Å²) in [6.07, 6.45) is 30.9. The first-order chi connectivity index (χ1) is 47.6. The Bertz CT molecular complexity index is 1070. The Morgan fingerprint density at radius 2 is 0.250 bits per heavy atom. The molecule has 0 saturated heterocycles. The summed E-state index contributed by atoms with van der Waals surface area (Å²) in [4.78, 5) is 20.7. The van der Waals surface area contributed by atoms with Gasteiger partial charge in [0.2, 0.25) is 0 Å². The van der Waals surface area contributed by atoms with Crippen molar-refractivity contribution < 1.29 is 173 Å². The van der Waals surface area contributed by atoms with E-state index in [1.807, 2.05) is 0 Å². The van der Waals surface area contributed by atoms with Crippen LogP contribution in [0.2, 0.25) is 0 Å².